The third-order valence-corrected chi connectivity index (χ3v) is 4.99. The fraction of sp³-hybridized carbons (Fsp3) is 0.474. The Hall–Kier alpha value is -2.19. The highest BCUT2D eigenvalue weighted by atomic mass is 32.2. The number of carbonyl (C=O) groups is 3. The van der Waals surface area contributed by atoms with Crippen LogP contribution in [0.15, 0.2) is 29.3 Å². The molecule has 1 aliphatic rings. The van der Waals surface area contributed by atoms with E-state index in [4.69, 9.17) is 0 Å². The Morgan fingerprint density at radius 2 is 1.96 bits per heavy atom. The smallest absolute Gasteiger partial charge is 0.260 e. The second-order valence-electron chi connectivity index (χ2n) is 6.91. The summed E-state index contributed by atoms with van der Waals surface area (Å²) in [6.45, 7) is 6.35. The molecule has 0 aliphatic carbocycles. The molecular formula is C19H26N4O3S. The molecule has 1 aliphatic heterocycles. The molecule has 0 saturated carbocycles. The molecule has 7 nitrogen and oxygen atoms in total. The van der Waals surface area contributed by atoms with Crippen molar-refractivity contribution in [2.45, 2.75) is 38.5 Å². The summed E-state index contributed by atoms with van der Waals surface area (Å²) in [7, 11) is 1.80. The summed E-state index contributed by atoms with van der Waals surface area (Å²) in [4.78, 5) is 42.0. The van der Waals surface area contributed by atoms with Gasteiger partial charge in [0, 0.05) is 24.7 Å². The molecule has 1 heterocycles. The van der Waals surface area contributed by atoms with Gasteiger partial charge in [0.05, 0.1) is 11.6 Å². The van der Waals surface area contributed by atoms with Gasteiger partial charge in [-0.3, -0.25) is 19.3 Å². The number of likely N-dealkylation sites (N-methyl/N-ethyl adjacent to an activating group) is 1. The van der Waals surface area contributed by atoms with E-state index in [1.807, 2.05) is 45.0 Å². The molecule has 1 atom stereocenters. The molecule has 0 spiro atoms. The predicted octanol–water partition coefficient (Wildman–Crippen LogP) is 1.82. The molecule has 2 N–H and O–H groups in total. The Morgan fingerprint density at radius 1 is 1.26 bits per heavy atom. The van der Waals surface area contributed by atoms with E-state index >= 15 is 0 Å². The van der Waals surface area contributed by atoms with E-state index in [0.29, 0.717) is 11.6 Å². The van der Waals surface area contributed by atoms with Gasteiger partial charge < -0.3 is 10.6 Å². The minimum absolute atomic E-state index is 0.0718. The fourth-order valence-corrected chi connectivity index (χ4v) is 3.77. The van der Waals surface area contributed by atoms with Crippen molar-refractivity contribution in [2.75, 3.05) is 25.5 Å². The lowest BCUT2D eigenvalue weighted by molar-refractivity contribution is -0.122. The van der Waals surface area contributed by atoms with Crippen molar-refractivity contribution in [2.24, 2.45) is 4.99 Å². The van der Waals surface area contributed by atoms with Gasteiger partial charge in [0.25, 0.3) is 5.91 Å². The van der Waals surface area contributed by atoms with Crippen LogP contribution in [0, 0.1) is 6.92 Å². The minimum Gasteiger partial charge on any atom is -0.353 e. The van der Waals surface area contributed by atoms with Crippen molar-refractivity contribution in [1.29, 1.82) is 0 Å². The molecule has 3 amide bonds. The number of amides is 3. The average Bonchev–Trinajstić information content (AvgIpc) is 2.87. The zero-order valence-corrected chi connectivity index (χ0v) is 16.9. The SMILES string of the molecule is Cc1ccccc1NC(=O)C[C@@H]1SC(CN(C)CC(=O)NC(C)C)=NC1=O. The zero-order valence-electron chi connectivity index (χ0n) is 16.1. The van der Waals surface area contributed by atoms with Crippen LogP contribution in [0.3, 0.4) is 0 Å². The van der Waals surface area contributed by atoms with E-state index in [1.54, 1.807) is 11.9 Å². The number of nitrogens with zero attached hydrogens (tertiary/aromatic N) is 2. The first kappa shape index (κ1) is 21.1. The van der Waals surface area contributed by atoms with Gasteiger partial charge in [0.1, 0.15) is 5.25 Å². The summed E-state index contributed by atoms with van der Waals surface area (Å²) < 4.78 is 0. The molecule has 0 aromatic heterocycles. The second-order valence-corrected chi connectivity index (χ2v) is 8.19. The van der Waals surface area contributed by atoms with Crippen LogP contribution in [0.2, 0.25) is 0 Å². The van der Waals surface area contributed by atoms with Crippen LogP contribution in [-0.2, 0) is 14.4 Å². The van der Waals surface area contributed by atoms with Crippen molar-refractivity contribution >= 4 is 40.2 Å². The van der Waals surface area contributed by atoms with E-state index in [0.717, 1.165) is 11.3 Å². The number of aliphatic imine (C=N–C) groups is 1. The van der Waals surface area contributed by atoms with E-state index in [2.05, 4.69) is 15.6 Å². The summed E-state index contributed by atoms with van der Waals surface area (Å²) in [5.74, 6) is -0.581. The summed E-state index contributed by atoms with van der Waals surface area (Å²) >= 11 is 1.30. The number of hydrogen-bond acceptors (Lipinski definition) is 5. The van der Waals surface area contributed by atoms with Crippen LogP contribution in [0.25, 0.3) is 0 Å². The molecule has 146 valence electrons. The maximum Gasteiger partial charge on any atom is 0.260 e. The molecule has 1 aromatic carbocycles. The third-order valence-electron chi connectivity index (χ3n) is 3.85. The largest absolute Gasteiger partial charge is 0.353 e. The normalized spacial score (nSPS) is 16.6. The number of benzene rings is 1. The first-order valence-corrected chi connectivity index (χ1v) is 9.74. The Balaban J connectivity index is 1.82. The Bertz CT molecular complexity index is 748. The highest BCUT2D eigenvalue weighted by molar-refractivity contribution is 8.15. The van der Waals surface area contributed by atoms with Crippen LogP contribution >= 0.6 is 11.8 Å². The minimum atomic E-state index is -0.512. The summed E-state index contributed by atoms with van der Waals surface area (Å²) in [6, 6.07) is 7.58. The molecule has 27 heavy (non-hydrogen) atoms. The quantitative estimate of drug-likeness (QED) is 0.707. The molecule has 0 radical (unpaired) electrons. The number of aryl methyl sites for hydroxylation is 1. The zero-order chi connectivity index (χ0) is 20.0. The number of carbonyl (C=O) groups excluding carboxylic acids is 3. The number of hydrogen-bond donors (Lipinski definition) is 2. The van der Waals surface area contributed by atoms with Gasteiger partial charge in [-0.25, -0.2) is 4.99 Å². The van der Waals surface area contributed by atoms with Gasteiger partial charge in [-0.1, -0.05) is 30.0 Å². The molecular weight excluding hydrogens is 364 g/mol. The highest BCUT2D eigenvalue weighted by Gasteiger charge is 2.31. The topological polar surface area (TPSA) is 90.9 Å². The molecule has 0 fully saturated rings. The van der Waals surface area contributed by atoms with E-state index in [-0.39, 0.29) is 36.7 Å². The van der Waals surface area contributed by atoms with E-state index in [1.165, 1.54) is 11.8 Å². The molecule has 0 unspecified atom stereocenters. The van der Waals surface area contributed by atoms with Crippen molar-refractivity contribution in [1.82, 2.24) is 10.2 Å². The molecule has 8 heteroatoms. The Labute approximate surface area is 164 Å². The average molecular weight is 391 g/mol. The lowest BCUT2D eigenvalue weighted by Crippen LogP contribution is -2.39. The van der Waals surface area contributed by atoms with Gasteiger partial charge in [-0.2, -0.15) is 0 Å². The number of para-hydroxylation sites is 1. The monoisotopic (exact) mass is 390 g/mol. The van der Waals surface area contributed by atoms with Gasteiger partial charge in [0.15, 0.2) is 0 Å². The maximum absolute atomic E-state index is 12.3. The van der Waals surface area contributed by atoms with E-state index < -0.39 is 5.25 Å². The second kappa shape index (κ2) is 9.66. The molecule has 0 bridgehead atoms. The van der Waals surface area contributed by atoms with Crippen molar-refractivity contribution < 1.29 is 14.4 Å². The van der Waals surface area contributed by atoms with Gasteiger partial charge in [-0.05, 0) is 39.4 Å². The van der Waals surface area contributed by atoms with Gasteiger partial charge in [-0.15, -0.1) is 0 Å². The molecule has 1 aromatic rings. The van der Waals surface area contributed by atoms with Crippen molar-refractivity contribution in [3.8, 4) is 0 Å². The molecule has 2 rings (SSSR count). The van der Waals surface area contributed by atoms with Crippen molar-refractivity contribution in [3.63, 3.8) is 0 Å². The lowest BCUT2D eigenvalue weighted by Gasteiger charge is -2.17. The first-order valence-electron chi connectivity index (χ1n) is 8.86. The number of nitrogens with one attached hydrogen (secondary N) is 2. The van der Waals surface area contributed by atoms with Gasteiger partial charge >= 0.3 is 0 Å². The molecule has 0 saturated heterocycles. The van der Waals surface area contributed by atoms with Crippen LogP contribution < -0.4 is 10.6 Å². The number of anilines is 1. The predicted molar refractivity (Wildman–Crippen MR) is 109 cm³/mol. The summed E-state index contributed by atoms with van der Waals surface area (Å²) in [5, 5.41) is 5.78. The highest BCUT2D eigenvalue weighted by Crippen LogP contribution is 2.26. The standard InChI is InChI=1S/C19H26N4O3S/c1-12(2)20-17(25)10-23(4)11-18-22-19(26)15(27-18)9-16(24)21-14-8-6-5-7-13(14)3/h5-8,12,15H,9-11H2,1-4H3,(H,20,25)(H,21,24)/t15-/m0/s1. The van der Waals surface area contributed by atoms with Crippen LogP contribution in [0.4, 0.5) is 5.69 Å². The number of rotatable bonds is 8. The lowest BCUT2D eigenvalue weighted by atomic mass is 10.2. The van der Waals surface area contributed by atoms with E-state index in [9.17, 15) is 14.4 Å². The van der Waals surface area contributed by atoms with Gasteiger partial charge in [0.2, 0.25) is 11.8 Å². The first-order chi connectivity index (χ1) is 12.7. The van der Waals surface area contributed by atoms with Crippen LogP contribution in [0.5, 0.6) is 0 Å². The van der Waals surface area contributed by atoms with Crippen molar-refractivity contribution in [3.05, 3.63) is 29.8 Å². The number of thioether (sulfide) groups is 1. The maximum atomic E-state index is 12.3. The van der Waals surface area contributed by atoms with Crippen LogP contribution in [-0.4, -0.2) is 59.1 Å². The third kappa shape index (κ3) is 6.80. The summed E-state index contributed by atoms with van der Waals surface area (Å²) in [6.07, 6.45) is 0.0718. The Morgan fingerprint density at radius 3 is 2.63 bits per heavy atom. The summed E-state index contributed by atoms with van der Waals surface area (Å²) in [5.41, 5.74) is 1.71. The fourth-order valence-electron chi connectivity index (χ4n) is 2.62. The Kier molecular flexibility index (Phi) is 7.55. The van der Waals surface area contributed by atoms with Crippen LogP contribution in [0.1, 0.15) is 25.8 Å².